The third-order valence-electron chi connectivity index (χ3n) is 1.88. The third kappa shape index (κ3) is 2.34. The maximum absolute atomic E-state index is 11.5. The highest BCUT2D eigenvalue weighted by molar-refractivity contribution is 5.86. The molecule has 0 saturated carbocycles. The fraction of sp³-hybridized carbons (Fsp3) is 0.667. The number of likely N-dealkylation sites (N-methyl/N-ethyl adjacent to an activating group) is 1. The van der Waals surface area contributed by atoms with Crippen LogP contribution in [0.25, 0.3) is 0 Å². The number of carbonyl (C=O) groups excluding carboxylic acids is 1. The van der Waals surface area contributed by atoms with Crippen LogP contribution >= 0.6 is 0 Å². The zero-order chi connectivity index (χ0) is 9.78. The molecule has 0 rings (SSSR count). The smallest absolute Gasteiger partial charge is 0.258 e. The maximum atomic E-state index is 11.5. The maximum Gasteiger partial charge on any atom is 0.258 e. The summed E-state index contributed by atoms with van der Waals surface area (Å²) in [7, 11) is 0. The minimum atomic E-state index is -1.42. The minimum Gasteiger partial charge on any atom is -0.376 e. The Hall–Kier alpha value is -0.830. The van der Waals surface area contributed by atoms with Crippen LogP contribution in [0.2, 0.25) is 0 Å². The van der Waals surface area contributed by atoms with E-state index in [1.165, 1.54) is 13.0 Å². The lowest BCUT2D eigenvalue weighted by atomic mass is 10.1. The van der Waals surface area contributed by atoms with Gasteiger partial charge in [0.2, 0.25) is 0 Å². The second-order valence-electron chi connectivity index (χ2n) is 2.83. The fourth-order valence-electron chi connectivity index (χ4n) is 0.918. The number of hydrogen-bond acceptors (Lipinski definition) is 2. The quantitative estimate of drug-likeness (QED) is 0.635. The van der Waals surface area contributed by atoms with Gasteiger partial charge >= 0.3 is 0 Å². The summed E-state index contributed by atoms with van der Waals surface area (Å²) in [6.45, 7) is 9.82. The van der Waals surface area contributed by atoms with Crippen LogP contribution in [0.3, 0.4) is 0 Å². The second kappa shape index (κ2) is 4.26. The molecule has 0 spiro atoms. The van der Waals surface area contributed by atoms with Gasteiger partial charge in [0, 0.05) is 13.1 Å². The summed E-state index contributed by atoms with van der Waals surface area (Å²) in [4.78, 5) is 13.0. The topological polar surface area (TPSA) is 40.5 Å². The number of rotatable bonds is 4. The molecule has 3 heteroatoms. The first-order valence-corrected chi connectivity index (χ1v) is 4.14. The second-order valence-corrected chi connectivity index (χ2v) is 2.83. The normalized spacial score (nSPS) is 15.0. The van der Waals surface area contributed by atoms with E-state index >= 15 is 0 Å². The van der Waals surface area contributed by atoms with Crippen molar-refractivity contribution in [1.29, 1.82) is 0 Å². The van der Waals surface area contributed by atoms with Gasteiger partial charge in [0.15, 0.2) is 5.60 Å². The first-order chi connectivity index (χ1) is 5.49. The van der Waals surface area contributed by atoms with Crippen molar-refractivity contribution in [1.82, 2.24) is 4.90 Å². The van der Waals surface area contributed by atoms with E-state index in [2.05, 4.69) is 6.58 Å². The van der Waals surface area contributed by atoms with E-state index in [0.717, 1.165) is 0 Å². The Morgan fingerprint density at radius 3 is 2.25 bits per heavy atom. The molecule has 3 nitrogen and oxygen atoms in total. The Labute approximate surface area is 73.7 Å². The highest BCUT2D eigenvalue weighted by Gasteiger charge is 2.29. The van der Waals surface area contributed by atoms with Crippen LogP contribution < -0.4 is 0 Å². The largest absolute Gasteiger partial charge is 0.376 e. The molecule has 0 aliphatic rings. The van der Waals surface area contributed by atoms with Crippen molar-refractivity contribution >= 4 is 5.91 Å². The van der Waals surface area contributed by atoms with Crippen LogP contribution in [0.5, 0.6) is 0 Å². The van der Waals surface area contributed by atoms with Gasteiger partial charge in [-0.25, -0.2) is 0 Å². The molecule has 0 aliphatic carbocycles. The highest BCUT2D eigenvalue weighted by atomic mass is 16.3. The number of nitrogens with zero attached hydrogens (tertiary/aromatic N) is 1. The Morgan fingerprint density at radius 1 is 1.58 bits per heavy atom. The van der Waals surface area contributed by atoms with E-state index < -0.39 is 5.60 Å². The third-order valence-corrected chi connectivity index (χ3v) is 1.88. The van der Waals surface area contributed by atoms with Crippen LogP contribution in [-0.4, -0.2) is 34.6 Å². The van der Waals surface area contributed by atoms with E-state index in [-0.39, 0.29) is 5.91 Å². The summed E-state index contributed by atoms with van der Waals surface area (Å²) in [5.41, 5.74) is -1.42. The minimum absolute atomic E-state index is 0.289. The van der Waals surface area contributed by atoms with Gasteiger partial charge in [-0.1, -0.05) is 12.7 Å². The van der Waals surface area contributed by atoms with E-state index in [1.807, 2.05) is 13.8 Å². The zero-order valence-electron chi connectivity index (χ0n) is 8.00. The Kier molecular flexibility index (Phi) is 3.96. The summed E-state index contributed by atoms with van der Waals surface area (Å²) in [6.07, 6.45) is 1.26. The molecule has 0 bridgehead atoms. The van der Waals surface area contributed by atoms with E-state index in [9.17, 15) is 9.90 Å². The monoisotopic (exact) mass is 171 g/mol. The van der Waals surface area contributed by atoms with Crippen molar-refractivity contribution in [2.45, 2.75) is 26.4 Å². The van der Waals surface area contributed by atoms with Crippen LogP contribution in [0.4, 0.5) is 0 Å². The summed E-state index contributed by atoms with van der Waals surface area (Å²) in [6, 6.07) is 0. The highest BCUT2D eigenvalue weighted by Crippen LogP contribution is 2.09. The summed E-state index contributed by atoms with van der Waals surface area (Å²) in [5, 5.41) is 9.52. The van der Waals surface area contributed by atoms with E-state index in [4.69, 9.17) is 0 Å². The van der Waals surface area contributed by atoms with Crippen molar-refractivity contribution in [3.05, 3.63) is 12.7 Å². The average Bonchev–Trinajstić information content (AvgIpc) is 2.06. The van der Waals surface area contributed by atoms with Gasteiger partial charge in [-0.2, -0.15) is 0 Å². The molecular formula is C9H17NO2. The molecule has 0 aliphatic heterocycles. The van der Waals surface area contributed by atoms with Gasteiger partial charge in [0.1, 0.15) is 0 Å². The fourth-order valence-corrected chi connectivity index (χ4v) is 0.918. The SMILES string of the molecule is C=CC(C)(O)C(=O)N(CC)CC. The zero-order valence-corrected chi connectivity index (χ0v) is 8.00. The van der Waals surface area contributed by atoms with Crippen LogP contribution in [0, 0.1) is 0 Å². The lowest BCUT2D eigenvalue weighted by molar-refractivity contribution is -0.144. The van der Waals surface area contributed by atoms with Crippen molar-refractivity contribution in [3.8, 4) is 0 Å². The van der Waals surface area contributed by atoms with Crippen molar-refractivity contribution in [3.63, 3.8) is 0 Å². The molecule has 1 N–H and O–H groups in total. The predicted octanol–water partition coefficient (Wildman–Crippen LogP) is 0.792. The molecule has 0 fully saturated rings. The van der Waals surface area contributed by atoms with Crippen molar-refractivity contribution in [2.24, 2.45) is 0 Å². The van der Waals surface area contributed by atoms with Gasteiger partial charge in [-0.05, 0) is 20.8 Å². The molecular weight excluding hydrogens is 154 g/mol. The lowest BCUT2D eigenvalue weighted by Crippen LogP contribution is -2.45. The van der Waals surface area contributed by atoms with Gasteiger partial charge in [-0.15, -0.1) is 0 Å². The molecule has 0 heterocycles. The molecule has 1 atom stereocenters. The molecule has 1 unspecified atom stereocenters. The Bertz CT molecular complexity index is 171. The lowest BCUT2D eigenvalue weighted by Gasteiger charge is -2.26. The summed E-state index contributed by atoms with van der Waals surface area (Å²) >= 11 is 0. The van der Waals surface area contributed by atoms with Crippen LogP contribution in [0.1, 0.15) is 20.8 Å². The number of aliphatic hydroxyl groups is 1. The van der Waals surface area contributed by atoms with Gasteiger partial charge in [0.05, 0.1) is 0 Å². The summed E-state index contributed by atoms with van der Waals surface area (Å²) < 4.78 is 0. The van der Waals surface area contributed by atoms with Crippen molar-refractivity contribution < 1.29 is 9.90 Å². The molecule has 0 aromatic rings. The molecule has 0 saturated heterocycles. The number of carbonyl (C=O) groups is 1. The van der Waals surface area contributed by atoms with Gasteiger partial charge in [0.25, 0.3) is 5.91 Å². The average molecular weight is 171 g/mol. The first kappa shape index (κ1) is 11.2. The van der Waals surface area contributed by atoms with E-state index in [0.29, 0.717) is 13.1 Å². The Morgan fingerprint density at radius 2 is 2.00 bits per heavy atom. The van der Waals surface area contributed by atoms with Gasteiger partial charge in [-0.3, -0.25) is 4.79 Å². The van der Waals surface area contributed by atoms with Crippen molar-refractivity contribution in [2.75, 3.05) is 13.1 Å². The first-order valence-electron chi connectivity index (χ1n) is 4.14. The van der Waals surface area contributed by atoms with E-state index in [1.54, 1.807) is 4.90 Å². The van der Waals surface area contributed by atoms with Crippen LogP contribution in [0.15, 0.2) is 12.7 Å². The number of hydrogen-bond donors (Lipinski definition) is 1. The van der Waals surface area contributed by atoms with Crippen LogP contribution in [-0.2, 0) is 4.79 Å². The number of amides is 1. The molecule has 1 amide bonds. The van der Waals surface area contributed by atoms with Gasteiger partial charge < -0.3 is 10.0 Å². The summed E-state index contributed by atoms with van der Waals surface area (Å²) in [5.74, 6) is -0.289. The Balaban J connectivity index is 4.45. The standard InChI is InChI=1S/C9H17NO2/c1-5-9(4,12)8(11)10(6-2)7-3/h5,12H,1,6-7H2,2-4H3. The molecule has 0 radical (unpaired) electrons. The predicted molar refractivity (Wildman–Crippen MR) is 48.7 cm³/mol. The molecule has 0 aromatic heterocycles. The molecule has 70 valence electrons. The molecule has 12 heavy (non-hydrogen) atoms. The molecule has 0 aromatic carbocycles.